The Balaban J connectivity index is 1.72. The molecular weight excluding hydrogens is 317 g/mol. The molecule has 0 unspecified atom stereocenters. The van der Waals surface area contributed by atoms with Crippen LogP contribution in [0.5, 0.6) is 0 Å². The van der Waals surface area contributed by atoms with Gasteiger partial charge in [0, 0.05) is 18.2 Å². The quantitative estimate of drug-likeness (QED) is 0.716. The Morgan fingerprint density at radius 1 is 1.24 bits per heavy atom. The summed E-state index contributed by atoms with van der Waals surface area (Å²) in [6.45, 7) is 2.54. The van der Waals surface area contributed by atoms with E-state index in [1.807, 2.05) is 37.4 Å². The molecule has 25 heavy (non-hydrogen) atoms. The van der Waals surface area contributed by atoms with Crippen molar-refractivity contribution in [2.24, 2.45) is 0 Å². The van der Waals surface area contributed by atoms with E-state index >= 15 is 0 Å². The molecule has 1 aromatic heterocycles. The Morgan fingerprint density at radius 3 is 2.60 bits per heavy atom. The van der Waals surface area contributed by atoms with Gasteiger partial charge < -0.3 is 0 Å². The fourth-order valence-corrected chi connectivity index (χ4v) is 2.65. The van der Waals surface area contributed by atoms with Gasteiger partial charge in [-0.1, -0.05) is 18.2 Å². The highest BCUT2D eigenvalue weighted by atomic mass is 19.1. The minimum Gasteiger partial charge on any atom is -0.295 e. The molecule has 5 nitrogen and oxygen atoms in total. The molecule has 0 spiro atoms. The number of rotatable bonds is 5. The minimum absolute atomic E-state index is 0.111. The molecule has 2 aromatic carbocycles. The first-order valence-electron chi connectivity index (χ1n) is 7.92. The van der Waals surface area contributed by atoms with Crippen LogP contribution in [-0.4, -0.2) is 26.7 Å². The molecule has 0 aliphatic carbocycles. The fraction of sp³-hybridized carbons (Fsp3) is 0.211. The van der Waals surface area contributed by atoms with Crippen molar-refractivity contribution in [1.82, 2.24) is 19.7 Å². The van der Waals surface area contributed by atoms with Gasteiger partial charge in [-0.2, -0.15) is 10.4 Å². The maximum Gasteiger partial charge on any atom is 0.138 e. The predicted molar refractivity (Wildman–Crippen MR) is 92.4 cm³/mol. The Morgan fingerprint density at radius 2 is 2.00 bits per heavy atom. The standard InChI is InChI=1S/C19H18FN5/c1-14(16-5-7-18(8-6-16)25-13-22-12-23-25)24(2)11-17-4-3-15(10-21)9-19(17)20/h3-9,12-14H,11H2,1-2H3/t14-/m0/s1. The van der Waals surface area contributed by atoms with E-state index in [9.17, 15) is 4.39 Å². The molecule has 0 saturated heterocycles. The lowest BCUT2D eigenvalue weighted by Crippen LogP contribution is -2.22. The molecule has 0 fully saturated rings. The lowest BCUT2D eigenvalue weighted by molar-refractivity contribution is 0.249. The van der Waals surface area contributed by atoms with Gasteiger partial charge in [0.25, 0.3) is 0 Å². The van der Waals surface area contributed by atoms with E-state index in [1.165, 1.54) is 12.4 Å². The summed E-state index contributed by atoms with van der Waals surface area (Å²) >= 11 is 0. The molecule has 1 heterocycles. The van der Waals surface area contributed by atoms with Crippen LogP contribution in [-0.2, 0) is 6.54 Å². The van der Waals surface area contributed by atoms with Gasteiger partial charge in [0.05, 0.1) is 17.3 Å². The van der Waals surface area contributed by atoms with Gasteiger partial charge in [-0.25, -0.2) is 14.1 Å². The Bertz CT molecular complexity index is 881. The highest BCUT2D eigenvalue weighted by molar-refractivity contribution is 5.35. The Labute approximate surface area is 146 Å². The van der Waals surface area contributed by atoms with Gasteiger partial charge in [0.2, 0.25) is 0 Å². The highest BCUT2D eigenvalue weighted by Crippen LogP contribution is 2.23. The zero-order valence-corrected chi connectivity index (χ0v) is 14.1. The fourth-order valence-electron chi connectivity index (χ4n) is 2.65. The summed E-state index contributed by atoms with van der Waals surface area (Å²) < 4.78 is 15.8. The molecule has 3 aromatic rings. The summed E-state index contributed by atoms with van der Waals surface area (Å²) in [5, 5.41) is 12.9. The average molecular weight is 335 g/mol. The summed E-state index contributed by atoms with van der Waals surface area (Å²) in [5.41, 5.74) is 2.97. The number of hydrogen-bond donors (Lipinski definition) is 0. The molecular formula is C19H18FN5. The van der Waals surface area contributed by atoms with E-state index in [0.717, 1.165) is 11.3 Å². The van der Waals surface area contributed by atoms with Crippen LogP contribution >= 0.6 is 0 Å². The Kier molecular flexibility index (Phi) is 4.87. The first-order valence-corrected chi connectivity index (χ1v) is 7.92. The van der Waals surface area contributed by atoms with Gasteiger partial charge in [-0.3, -0.25) is 4.90 Å². The van der Waals surface area contributed by atoms with Gasteiger partial charge >= 0.3 is 0 Å². The zero-order valence-electron chi connectivity index (χ0n) is 14.1. The first kappa shape index (κ1) is 16.8. The summed E-state index contributed by atoms with van der Waals surface area (Å²) in [4.78, 5) is 6.00. The van der Waals surface area contributed by atoms with Crippen molar-refractivity contribution in [2.45, 2.75) is 19.5 Å². The second-order valence-electron chi connectivity index (χ2n) is 5.94. The molecule has 0 saturated carbocycles. The van der Waals surface area contributed by atoms with E-state index in [4.69, 9.17) is 5.26 Å². The SMILES string of the molecule is C[C@@H](c1ccc(-n2cncn2)cc1)N(C)Cc1ccc(C#N)cc1F. The van der Waals surface area contributed by atoms with Gasteiger partial charge in [-0.15, -0.1) is 0 Å². The second-order valence-corrected chi connectivity index (χ2v) is 5.94. The molecule has 0 aliphatic heterocycles. The van der Waals surface area contributed by atoms with Crippen molar-refractivity contribution in [2.75, 3.05) is 7.05 Å². The maximum atomic E-state index is 14.1. The van der Waals surface area contributed by atoms with Crippen LogP contribution in [0.3, 0.4) is 0 Å². The molecule has 0 radical (unpaired) electrons. The lowest BCUT2D eigenvalue weighted by atomic mass is 10.1. The third-order valence-corrected chi connectivity index (χ3v) is 4.32. The van der Waals surface area contributed by atoms with Gasteiger partial charge in [0.15, 0.2) is 0 Å². The van der Waals surface area contributed by atoms with Crippen LogP contribution < -0.4 is 0 Å². The predicted octanol–water partition coefficient (Wildman–Crippen LogP) is 3.47. The number of nitrogens with zero attached hydrogens (tertiary/aromatic N) is 5. The average Bonchev–Trinajstić information content (AvgIpc) is 3.17. The smallest absolute Gasteiger partial charge is 0.138 e. The molecule has 0 N–H and O–H groups in total. The summed E-state index contributed by atoms with van der Waals surface area (Å²) in [6, 6.07) is 14.7. The van der Waals surface area contributed by atoms with Crippen molar-refractivity contribution in [3.05, 3.63) is 77.6 Å². The number of hydrogen-bond acceptors (Lipinski definition) is 4. The van der Waals surface area contributed by atoms with Crippen LogP contribution in [0.2, 0.25) is 0 Å². The molecule has 0 amide bonds. The van der Waals surface area contributed by atoms with Crippen LogP contribution in [0.25, 0.3) is 5.69 Å². The number of halogens is 1. The van der Waals surface area contributed by atoms with Crippen LogP contribution in [0.1, 0.15) is 29.7 Å². The summed E-state index contributed by atoms with van der Waals surface area (Å²) in [7, 11) is 1.95. The molecule has 6 heteroatoms. The maximum absolute atomic E-state index is 14.1. The molecule has 0 bridgehead atoms. The van der Waals surface area contributed by atoms with E-state index in [1.54, 1.807) is 23.1 Å². The molecule has 1 atom stereocenters. The van der Waals surface area contributed by atoms with Gasteiger partial charge in [0.1, 0.15) is 18.5 Å². The number of nitriles is 1. The monoisotopic (exact) mass is 335 g/mol. The van der Waals surface area contributed by atoms with Gasteiger partial charge in [-0.05, 0) is 43.8 Å². The van der Waals surface area contributed by atoms with Crippen molar-refractivity contribution in [3.63, 3.8) is 0 Å². The van der Waals surface area contributed by atoms with E-state index in [2.05, 4.69) is 21.9 Å². The first-order chi connectivity index (χ1) is 12.1. The van der Waals surface area contributed by atoms with Crippen LogP contribution in [0.15, 0.2) is 55.1 Å². The van der Waals surface area contributed by atoms with Crippen molar-refractivity contribution < 1.29 is 4.39 Å². The molecule has 126 valence electrons. The van der Waals surface area contributed by atoms with Crippen molar-refractivity contribution in [1.29, 1.82) is 5.26 Å². The van der Waals surface area contributed by atoms with Crippen LogP contribution in [0, 0.1) is 17.1 Å². The van der Waals surface area contributed by atoms with E-state index in [-0.39, 0.29) is 11.9 Å². The highest BCUT2D eigenvalue weighted by Gasteiger charge is 2.14. The molecule has 0 aliphatic rings. The van der Waals surface area contributed by atoms with E-state index < -0.39 is 0 Å². The van der Waals surface area contributed by atoms with E-state index in [0.29, 0.717) is 17.7 Å². The lowest BCUT2D eigenvalue weighted by Gasteiger charge is -2.25. The topological polar surface area (TPSA) is 57.7 Å². The normalized spacial score (nSPS) is 12.1. The van der Waals surface area contributed by atoms with Crippen molar-refractivity contribution in [3.8, 4) is 11.8 Å². The number of aromatic nitrogens is 3. The summed E-state index contributed by atoms with van der Waals surface area (Å²) in [5.74, 6) is -0.348. The second kappa shape index (κ2) is 7.24. The minimum atomic E-state index is -0.348. The zero-order chi connectivity index (χ0) is 17.8. The number of benzene rings is 2. The molecule has 3 rings (SSSR count). The van der Waals surface area contributed by atoms with Crippen molar-refractivity contribution >= 4 is 0 Å². The third-order valence-electron chi connectivity index (χ3n) is 4.32. The summed E-state index contributed by atoms with van der Waals surface area (Å²) in [6.07, 6.45) is 3.15. The Hall–Kier alpha value is -3.04. The van der Waals surface area contributed by atoms with Crippen LogP contribution in [0.4, 0.5) is 4.39 Å². The largest absolute Gasteiger partial charge is 0.295 e. The third kappa shape index (κ3) is 3.73.